The average Bonchev–Trinajstić information content (AvgIpc) is 2.93. The van der Waals surface area contributed by atoms with Gasteiger partial charge in [-0.05, 0) is 12.1 Å². The molecule has 0 saturated carbocycles. The molecule has 1 aromatic rings. The van der Waals surface area contributed by atoms with Crippen LogP contribution in [0.4, 0.5) is 0 Å². The van der Waals surface area contributed by atoms with Crippen LogP contribution in [-0.2, 0) is 19.0 Å². The van der Waals surface area contributed by atoms with Crippen molar-refractivity contribution in [1.29, 1.82) is 0 Å². The summed E-state index contributed by atoms with van der Waals surface area (Å²) in [6.07, 6.45) is -0.158. The Morgan fingerprint density at radius 1 is 1.33 bits per heavy atom. The van der Waals surface area contributed by atoms with Crippen LogP contribution in [0.3, 0.4) is 0 Å². The Kier molecular flexibility index (Phi) is 4.35. The molecule has 1 aliphatic heterocycles. The highest BCUT2D eigenvalue weighted by Gasteiger charge is 2.17. The number of hydrogen-bond acceptors (Lipinski definition) is 4. The van der Waals surface area contributed by atoms with Crippen LogP contribution in [0, 0.1) is 11.8 Å². The highest BCUT2D eigenvalue weighted by Crippen LogP contribution is 2.22. The highest BCUT2D eigenvalue weighted by molar-refractivity contribution is 5.72. The second kappa shape index (κ2) is 6.20. The summed E-state index contributed by atoms with van der Waals surface area (Å²) >= 11 is 0. The van der Waals surface area contributed by atoms with Gasteiger partial charge in [0.25, 0.3) is 0 Å². The Morgan fingerprint density at radius 2 is 2.00 bits per heavy atom. The van der Waals surface area contributed by atoms with E-state index in [1.54, 1.807) is 0 Å². The van der Waals surface area contributed by atoms with Gasteiger partial charge in [-0.3, -0.25) is 4.79 Å². The zero-order chi connectivity index (χ0) is 12.8. The molecule has 0 amide bonds. The third kappa shape index (κ3) is 3.33. The highest BCUT2D eigenvalue weighted by atomic mass is 16.7. The fourth-order valence-corrected chi connectivity index (χ4v) is 1.57. The Morgan fingerprint density at radius 3 is 2.61 bits per heavy atom. The molecule has 0 atom stereocenters. The summed E-state index contributed by atoms with van der Waals surface area (Å²) in [5.41, 5.74) is 1.83. The summed E-state index contributed by atoms with van der Waals surface area (Å²) in [5, 5.41) is 0. The maximum atomic E-state index is 10.9. The van der Waals surface area contributed by atoms with Gasteiger partial charge in [0.05, 0.1) is 20.3 Å². The molecular weight excluding hydrogens is 232 g/mol. The molecule has 4 nitrogen and oxygen atoms in total. The van der Waals surface area contributed by atoms with Crippen LogP contribution in [0.5, 0.6) is 0 Å². The van der Waals surface area contributed by atoms with Crippen molar-refractivity contribution in [3.63, 3.8) is 0 Å². The number of methoxy groups -OCH3 is 1. The van der Waals surface area contributed by atoms with Crippen LogP contribution >= 0.6 is 0 Å². The molecule has 0 aliphatic carbocycles. The number of rotatable bonds is 2. The molecule has 94 valence electrons. The van der Waals surface area contributed by atoms with Crippen LogP contribution in [0.15, 0.2) is 24.3 Å². The van der Waals surface area contributed by atoms with Crippen LogP contribution in [-0.4, -0.2) is 26.3 Å². The van der Waals surface area contributed by atoms with Crippen LogP contribution in [0.2, 0.25) is 0 Å². The van der Waals surface area contributed by atoms with Gasteiger partial charge < -0.3 is 14.2 Å². The summed E-state index contributed by atoms with van der Waals surface area (Å²) in [7, 11) is 1.35. The van der Waals surface area contributed by atoms with Gasteiger partial charge in [0.15, 0.2) is 6.29 Å². The maximum Gasteiger partial charge on any atom is 0.317 e. The summed E-state index contributed by atoms with van der Waals surface area (Å²) in [4.78, 5) is 10.9. The van der Waals surface area contributed by atoms with E-state index in [0.717, 1.165) is 11.1 Å². The van der Waals surface area contributed by atoms with E-state index in [1.807, 2.05) is 24.3 Å². The minimum absolute atomic E-state index is 0.104. The first kappa shape index (κ1) is 12.6. The molecule has 1 aliphatic rings. The Hall–Kier alpha value is -1.83. The first-order valence-corrected chi connectivity index (χ1v) is 5.68. The molecule has 1 fully saturated rings. The van der Waals surface area contributed by atoms with Crippen molar-refractivity contribution in [2.24, 2.45) is 0 Å². The third-order valence-electron chi connectivity index (χ3n) is 2.50. The van der Waals surface area contributed by atoms with E-state index >= 15 is 0 Å². The van der Waals surface area contributed by atoms with E-state index in [1.165, 1.54) is 7.11 Å². The number of ether oxygens (including phenoxy) is 3. The van der Waals surface area contributed by atoms with Crippen molar-refractivity contribution < 1.29 is 19.0 Å². The van der Waals surface area contributed by atoms with E-state index < -0.39 is 0 Å². The van der Waals surface area contributed by atoms with Gasteiger partial charge in [0.2, 0.25) is 0 Å². The van der Waals surface area contributed by atoms with Crippen LogP contribution < -0.4 is 0 Å². The summed E-state index contributed by atoms with van der Waals surface area (Å²) in [6.45, 7) is 1.26. The lowest BCUT2D eigenvalue weighted by Gasteiger charge is -2.08. The molecule has 0 N–H and O–H groups in total. The largest absolute Gasteiger partial charge is 0.468 e. The SMILES string of the molecule is COC(=O)CC#Cc1ccc(C2OCCO2)cc1. The Bertz CT molecular complexity index is 461. The molecule has 1 aromatic carbocycles. The predicted octanol–water partition coefficient (Wildman–Crippen LogP) is 1.65. The molecule has 18 heavy (non-hydrogen) atoms. The van der Waals surface area contributed by atoms with Crippen molar-refractivity contribution in [2.75, 3.05) is 20.3 Å². The zero-order valence-corrected chi connectivity index (χ0v) is 10.1. The van der Waals surface area contributed by atoms with Gasteiger partial charge in [-0.15, -0.1) is 0 Å². The second-order valence-electron chi connectivity index (χ2n) is 3.75. The Balaban J connectivity index is 1.96. The lowest BCUT2D eigenvalue weighted by atomic mass is 10.1. The molecule has 4 heteroatoms. The van der Waals surface area contributed by atoms with Gasteiger partial charge in [-0.2, -0.15) is 0 Å². The van der Waals surface area contributed by atoms with E-state index in [0.29, 0.717) is 13.2 Å². The fraction of sp³-hybridized carbons (Fsp3) is 0.357. The third-order valence-corrected chi connectivity index (χ3v) is 2.50. The van der Waals surface area contributed by atoms with E-state index in [4.69, 9.17) is 9.47 Å². The summed E-state index contributed by atoms with van der Waals surface area (Å²) in [6, 6.07) is 7.59. The molecule has 2 rings (SSSR count). The van der Waals surface area contributed by atoms with Crippen molar-refractivity contribution in [3.05, 3.63) is 35.4 Å². The van der Waals surface area contributed by atoms with Crippen LogP contribution in [0.1, 0.15) is 23.8 Å². The first-order valence-electron chi connectivity index (χ1n) is 5.68. The maximum absolute atomic E-state index is 10.9. The molecule has 0 radical (unpaired) electrons. The van der Waals surface area contributed by atoms with Gasteiger partial charge in [0, 0.05) is 11.1 Å². The molecular formula is C14H14O4. The summed E-state index contributed by atoms with van der Waals surface area (Å²) < 4.78 is 15.3. The summed E-state index contributed by atoms with van der Waals surface area (Å²) in [5.74, 6) is 5.32. The predicted molar refractivity (Wildman–Crippen MR) is 64.6 cm³/mol. The van der Waals surface area contributed by atoms with Crippen LogP contribution in [0.25, 0.3) is 0 Å². The molecule has 1 heterocycles. The minimum Gasteiger partial charge on any atom is -0.468 e. The van der Waals surface area contributed by atoms with E-state index in [9.17, 15) is 4.79 Å². The number of hydrogen-bond donors (Lipinski definition) is 0. The van der Waals surface area contributed by atoms with Crippen molar-refractivity contribution in [3.8, 4) is 11.8 Å². The number of carbonyl (C=O) groups excluding carboxylic acids is 1. The topological polar surface area (TPSA) is 44.8 Å². The van der Waals surface area contributed by atoms with Crippen molar-refractivity contribution in [2.45, 2.75) is 12.7 Å². The number of benzene rings is 1. The standard InChI is InChI=1S/C14H14O4/c1-16-13(15)4-2-3-11-5-7-12(8-6-11)14-17-9-10-18-14/h5-8,14H,4,9-10H2,1H3. The van der Waals surface area contributed by atoms with Gasteiger partial charge in [0.1, 0.15) is 6.42 Å². The monoisotopic (exact) mass is 246 g/mol. The van der Waals surface area contributed by atoms with Crippen molar-refractivity contribution in [1.82, 2.24) is 0 Å². The quantitative estimate of drug-likeness (QED) is 0.588. The fourth-order valence-electron chi connectivity index (χ4n) is 1.57. The molecule has 0 aromatic heterocycles. The number of carbonyl (C=O) groups is 1. The van der Waals surface area contributed by atoms with Gasteiger partial charge in [-0.1, -0.05) is 24.0 Å². The number of esters is 1. The van der Waals surface area contributed by atoms with Crippen molar-refractivity contribution >= 4 is 5.97 Å². The lowest BCUT2D eigenvalue weighted by molar-refractivity contribution is -0.139. The lowest BCUT2D eigenvalue weighted by Crippen LogP contribution is -1.98. The Labute approximate surface area is 106 Å². The first-order chi connectivity index (χ1) is 8.79. The molecule has 0 bridgehead atoms. The molecule has 0 unspecified atom stereocenters. The second-order valence-corrected chi connectivity index (χ2v) is 3.75. The van der Waals surface area contributed by atoms with E-state index in [-0.39, 0.29) is 18.7 Å². The molecule has 1 saturated heterocycles. The van der Waals surface area contributed by atoms with Gasteiger partial charge >= 0.3 is 5.97 Å². The zero-order valence-electron chi connectivity index (χ0n) is 10.1. The van der Waals surface area contributed by atoms with Gasteiger partial charge in [-0.25, -0.2) is 0 Å². The normalized spacial score (nSPS) is 14.9. The molecule has 0 spiro atoms. The van der Waals surface area contributed by atoms with E-state index in [2.05, 4.69) is 16.6 Å². The smallest absolute Gasteiger partial charge is 0.317 e. The average molecular weight is 246 g/mol. The minimum atomic E-state index is -0.327.